The summed E-state index contributed by atoms with van der Waals surface area (Å²) in [6.07, 6.45) is 4.64. The van der Waals surface area contributed by atoms with Crippen molar-refractivity contribution in [2.75, 3.05) is 31.6 Å². The molecular weight excluding hydrogens is 292 g/mol. The van der Waals surface area contributed by atoms with Gasteiger partial charge in [0.15, 0.2) is 0 Å². The summed E-state index contributed by atoms with van der Waals surface area (Å²) in [6.45, 7) is 6.60. The number of amides is 1. The first-order chi connectivity index (χ1) is 11.0. The largest absolute Gasteiger partial charge is 0.376 e. The van der Waals surface area contributed by atoms with E-state index in [0.29, 0.717) is 6.54 Å². The molecule has 2 aliphatic rings. The predicted octanol–water partition coefficient (Wildman–Crippen LogP) is 1.69. The van der Waals surface area contributed by atoms with Crippen molar-refractivity contribution in [1.82, 2.24) is 14.9 Å². The van der Waals surface area contributed by atoms with Gasteiger partial charge < -0.3 is 14.5 Å². The molecule has 126 valence electrons. The zero-order valence-electron chi connectivity index (χ0n) is 14.3. The Labute approximate surface area is 137 Å². The van der Waals surface area contributed by atoms with Crippen molar-refractivity contribution in [3.8, 4) is 0 Å². The number of likely N-dealkylation sites (N-methyl/N-ethyl adjacent to an activating group) is 1. The summed E-state index contributed by atoms with van der Waals surface area (Å²) in [5, 5.41) is 0. The van der Waals surface area contributed by atoms with Crippen molar-refractivity contribution in [2.24, 2.45) is 0 Å². The van der Waals surface area contributed by atoms with Crippen LogP contribution in [0.15, 0.2) is 0 Å². The maximum atomic E-state index is 11.6. The zero-order chi connectivity index (χ0) is 16.4. The number of hydrogen-bond donors (Lipinski definition) is 0. The van der Waals surface area contributed by atoms with E-state index in [4.69, 9.17) is 4.74 Å². The monoisotopic (exact) mass is 318 g/mol. The molecule has 0 spiro atoms. The molecule has 1 fully saturated rings. The number of hydrogen-bond acceptors (Lipinski definition) is 5. The number of aryl methyl sites for hydroxylation is 1. The highest BCUT2D eigenvalue weighted by molar-refractivity contribution is 5.73. The smallest absolute Gasteiger partial charge is 0.219 e. The van der Waals surface area contributed by atoms with Crippen molar-refractivity contribution >= 4 is 11.7 Å². The second-order valence-corrected chi connectivity index (χ2v) is 6.58. The van der Waals surface area contributed by atoms with Crippen LogP contribution in [0.2, 0.25) is 0 Å². The summed E-state index contributed by atoms with van der Waals surface area (Å²) in [6, 6.07) is 0. The van der Waals surface area contributed by atoms with E-state index in [1.165, 1.54) is 18.4 Å². The van der Waals surface area contributed by atoms with Crippen LogP contribution in [0.25, 0.3) is 0 Å². The van der Waals surface area contributed by atoms with Gasteiger partial charge in [-0.3, -0.25) is 4.79 Å². The molecule has 6 heteroatoms. The first-order valence-electron chi connectivity index (χ1n) is 8.49. The molecule has 1 saturated heterocycles. The molecule has 0 aliphatic carbocycles. The van der Waals surface area contributed by atoms with Crippen LogP contribution in [0, 0.1) is 6.92 Å². The topological polar surface area (TPSA) is 58.6 Å². The van der Waals surface area contributed by atoms with Crippen LogP contribution in [-0.2, 0) is 22.5 Å². The Morgan fingerprint density at radius 3 is 2.91 bits per heavy atom. The van der Waals surface area contributed by atoms with Crippen LogP contribution in [0.3, 0.4) is 0 Å². The van der Waals surface area contributed by atoms with Crippen LogP contribution >= 0.6 is 0 Å². The lowest BCUT2D eigenvalue weighted by Crippen LogP contribution is -2.38. The molecule has 6 nitrogen and oxygen atoms in total. The summed E-state index contributed by atoms with van der Waals surface area (Å²) >= 11 is 0. The second-order valence-electron chi connectivity index (χ2n) is 6.58. The Kier molecular flexibility index (Phi) is 4.80. The normalized spacial score (nSPS) is 21.0. The average Bonchev–Trinajstić information content (AvgIpc) is 2.54. The standard InChI is InChI=1S/C17H26N4O2/c1-12-18-16-11-21(13(2)22)8-7-15(16)17(19-12)20(3)10-14-6-4-5-9-23-14/h14H,4-11H2,1-3H3/t14-/m1/s1. The average molecular weight is 318 g/mol. The summed E-state index contributed by atoms with van der Waals surface area (Å²) in [5.41, 5.74) is 2.18. The predicted molar refractivity (Wildman–Crippen MR) is 88.4 cm³/mol. The molecule has 1 aromatic heterocycles. The third-order valence-electron chi connectivity index (χ3n) is 4.71. The highest BCUT2D eigenvalue weighted by Gasteiger charge is 2.25. The molecule has 1 atom stereocenters. The van der Waals surface area contributed by atoms with E-state index in [9.17, 15) is 4.79 Å². The number of nitrogens with zero attached hydrogens (tertiary/aromatic N) is 4. The molecule has 0 unspecified atom stereocenters. The van der Waals surface area contributed by atoms with Crippen molar-refractivity contribution in [1.29, 1.82) is 0 Å². The van der Waals surface area contributed by atoms with Gasteiger partial charge in [0.2, 0.25) is 5.91 Å². The minimum atomic E-state index is 0.109. The van der Waals surface area contributed by atoms with Gasteiger partial charge in [-0.15, -0.1) is 0 Å². The van der Waals surface area contributed by atoms with Crippen molar-refractivity contribution in [3.05, 3.63) is 17.1 Å². The van der Waals surface area contributed by atoms with E-state index in [1.54, 1.807) is 6.92 Å². The second kappa shape index (κ2) is 6.83. The van der Waals surface area contributed by atoms with E-state index in [0.717, 1.165) is 49.9 Å². The van der Waals surface area contributed by atoms with Gasteiger partial charge in [0.05, 0.1) is 18.3 Å². The number of ether oxygens (including phenoxy) is 1. The number of carbonyl (C=O) groups is 1. The van der Waals surface area contributed by atoms with Crippen molar-refractivity contribution in [2.45, 2.75) is 52.2 Å². The van der Waals surface area contributed by atoms with Crippen molar-refractivity contribution < 1.29 is 9.53 Å². The Hall–Kier alpha value is -1.69. The first kappa shape index (κ1) is 16.2. The van der Waals surface area contributed by atoms with Gasteiger partial charge in [-0.05, 0) is 32.6 Å². The number of aromatic nitrogens is 2. The van der Waals surface area contributed by atoms with Gasteiger partial charge >= 0.3 is 0 Å². The Morgan fingerprint density at radius 2 is 2.22 bits per heavy atom. The van der Waals surface area contributed by atoms with Crippen molar-refractivity contribution in [3.63, 3.8) is 0 Å². The maximum Gasteiger partial charge on any atom is 0.219 e. The molecule has 3 rings (SSSR count). The summed E-state index contributed by atoms with van der Waals surface area (Å²) in [4.78, 5) is 24.9. The molecule has 0 N–H and O–H groups in total. The lowest BCUT2D eigenvalue weighted by molar-refractivity contribution is -0.129. The van der Waals surface area contributed by atoms with Gasteiger partial charge in [-0.2, -0.15) is 0 Å². The Bertz CT molecular complexity index is 584. The van der Waals surface area contributed by atoms with Crippen LogP contribution < -0.4 is 4.90 Å². The summed E-state index contributed by atoms with van der Waals surface area (Å²) < 4.78 is 5.85. The lowest BCUT2D eigenvalue weighted by atomic mass is 10.0. The molecule has 3 heterocycles. The van der Waals surface area contributed by atoms with Gasteiger partial charge in [-0.25, -0.2) is 9.97 Å². The van der Waals surface area contributed by atoms with Crippen LogP contribution in [0.5, 0.6) is 0 Å². The minimum absolute atomic E-state index is 0.109. The Morgan fingerprint density at radius 1 is 1.39 bits per heavy atom. The lowest BCUT2D eigenvalue weighted by Gasteiger charge is -2.32. The quantitative estimate of drug-likeness (QED) is 0.849. The molecule has 1 aromatic rings. The maximum absolute atomic E-state index is 11.6. The summed E-state index contributed by atoms with van der Waals surface area (Å²) in [5.74, 6) is 1.88. The zero-order valence-corrected chi connectivity index (χ0v) is 14.3. The summed E-state index contributed by atoms with van der Waals surface area (Å²) in [7, 11) is 2.08. The molecule has 0 aromatic carbocycles. The fraction of sp³-hybridized carbons (Fsp3) is 0.706. The number of rotatable bonds is 3. The van der Waals surface area contributed by atoms with E-state index < -0.39 is 0 Å². The van der Waals surface area contributed by atoms with E-state index in [-0.39, 0.29) is 12.0 Å². The minimum Gasteiger partial charge on any atom is -0.376 e. The molecule has 0 saturated carbocycles. The van der Waals surface area contributed by atoms with E-state index in [2.05, 4.69) is 21.9 Å². The molecular formula is C17H26N4O2. The third kappa shape index (κ3) is 3.63. The fourth-order valence-electron chi connectivity index (χ4n) is 3.46. The van der Waals surface area contributed by atoms with Gasteiger partial charge in [-0.1, -0.05) is 0 Å². The first-order valence-corrected chi connectivity index (χ1v) is 8.49. The number of carbonyl (C=O) groups excluding carboxylic acids is 1. The van der Waals surface area contributed by atoms with Crippen LogP contribution in [0.1, 0.15) is 43.3 Å². The SMILES string of the molecule is CC(=O)N1CCc2c(nc(C)nc2N(C)C[C@H]2CCCCO2)C1. The molecule has 23 heavy (non-hydrogen) atoms. The van der Waals surface area contributed by atoms with E-state index >= 15 is 0 Å². The highest BCUT2D eigenvalue weighted by Crippen LogP contribution is 2.27. The van der Waals surface area contributed by atoms with E-state index in [1.807, 2.05) is 11.8 Å². The molecule has 2 aliphatic heterocycles. The fourth-order valence-corrected chi connectivity index (χ4v) is 3.46. The van der Waals surface area contributed by atoms with Crippen LogP contribution in [-0.4, -0.2) is 53.6 Å². The highest BCUT2D eigenvalue weighted by atomic mass is 16.5. The third-order valence-corrected chi connectivity index (χ3v) is 4.71. The van der Waals surface area contributed by atoms with Crippen LogP contribution in [0.4, 0.5) is 5.82 Å². The van der Waals surface area contributed by atoms with Gasteiger partial charge in [0.1, 0.15) is 11.6 Å². The van der Waals surface area contributed by atoms with Gasteiger partial charge in [0, 0.05) is 39.2 Å². The molecule has 0 bridgehead atoms. The molecule has 0 radical (unpaired) electrons. The molecule has 1 amide bonds. The number of anilines is 1. The Balaban J connectivity index is 1.80. The van der Waals surface area contributed by atoms with Gasteiger partial charge in [0.25, 0.3) is 0 Å². The number of fused-ring (bicyclic) bond motifs is 1.